The number of nitrogens with zero attached hydrogens (tertiary/aromatic N) is 1. The van der Waals surface area contributed by atoms with E-state index in [1.54, 1.807) is 0 Å². The summed E-state index contributed by atoms with van der Waals surface area (Å²) < 4.78 is 5.37. The number of carbonyl (C=O) groups is 1. The summed E-state index contributed by atoms with van der Waals surface area (Å²) in [5.41, 5.74) is 0.975. The van der Waals surface area contributed by atoms with E-state index in [4.69, 9.17) is 4.74 Å². The summed E-state index contributed by atoms with van der Waals surface area (Å²) in [7, 11) is 0. The van der Waals surface area contributed by atoms with Gasteiger partial charge >= 0.3 is 5.97 Å². The summed E-state index contributed by atoms with van der Waals surface area (Å²) in [6, 6.07) is 11.9. The third-order valence-corrected chi connectivity index (χ3v) is 4.10. The van der Waals surface area contributed by atoms with Crippen LogP contribution in [0, 0.1) is 35.0 Å². The Morgan fingerprint density at radius 1 is 1.26 bits per heavy atom. The van der Waals surface area contributed by atoms with Crippen LogP contribution in [0.2, 0.25) is 0 Å². The van der Waals surface area contributed by atoms with Gasteiger partial charge in [-0.05, 0) is 23.8 Å². The molecule has 4 atom stereocenters. The number of rotatable bonds is 3. The first-order valence-electron chi connectivity index (χ1n) is 6.58. The van der Waals surface area contributed by atoms with Crippen molar-refractivity contribution in [1.29, 1.82) is 5.26 Å². The van der Waals surface area contributed by atoms with Crippen LogP contribution in [0.5, 0.6) is 0 Å². The van der Waals surface area contributed by atoms with Crippen molar-refractivity contribution in [3.05, 3.63) is 48.0 Å². The maximum absolute atomic E-state index is 12.2. The average Bonchev–Trinajstić information content (AvgIpc) is 3.06. The average molecular weight is 253 g/mol. The van der Waals surface area contributed by atoms with E-state index in [-0.39, 0.29) is 36.2 Å². The van der Waals surface area contributed by atoms with E-state index in [0.29, 0.717) is 0 Å². The highest BCUT2D eigenvalue weighted by Crippen LogP contribution is 2.48. The Hall–Kier alpha value is -2.08. The zero-order chi connectivity index (χ0) is 13.2. The van der Waals surface area contributed by atoms with Gasteiger partial charge in [0.1, 0.15) is 6.61 Å². The first-order chi connectivity index (χ1) is 9.29. The molecule has 19 heavy (non-hydrogen) atoms. The van der Waals surface area contributed by atoms with Gasteiger partial charge in [0, 0.05) is 0 Å². The van der Waals surface area contributed by atoms with Gasteiger partial charge < -0.3 is 4.74 Å². The van der Waals surface area contributed by atoms with E-state index >= 15 is 0 Å². The number of nitriles is 1. The fourth-order valence-corrected chi connectivity index (χ4v) is 3.14. The monoisotopic (exact) mass is 253 g/mol. The van der Waals surface area contributed by atoms with Crippen molar-refractivity contribution < 1.29 is 9.53 Å². The summed E-state index contributed by atoms with van der Waals surface area (Å²) >= 11 is 0. The number of ether oxygens (including phenoxy) is 1. The van der Waals surface area contributed by atoms with E-state index in [9.17, 15) is 10.1 Å². The molecule has 0 aromatic heterocycles. The highest BCUT2D eigenvalue weighted by atomic mass is 16.5. The minimum absolute atomic E-state index is 0.193. The molecule has 0 aliphatic heterocycles. The quantitative estimate of drug-likeness (QED) is 0.614. The van der Waals surface area contributed by atoms with Crippen molar-refractivity contribution in [2.24, 2.45) is 23.7 Å². The second kappa shape index (κ2) is 4.89. The number of hydrogen-bond donors (Lipinski definition) is 0. The maximum atomic E-state index is 12.2. The van der Waals surface area contributed by atoms with Crippen LogP contribution in [-0.2, 0) is 16.1 Å². The summed E-state index contributed by atoms with van der Waals surface area (Å²) in [6.07, 6.45) is 5.05. The van der Waals surface area contributed by atoms with Crippen molar-refractivity contribution in [2.75, 3.05) is 0 Å². The Bertz CT molecular complexity index is 544. The lowest BCUT2D eigenvalue weighted by Gasteiger charge is -2.21. The number of hydrogen-bond acceptors (Lipinski definition) is 3. The minimum atomic E-state index is -0.274. The van der Waals surface area contributed by atoms with Crippen LogP contribution in [0.1, 0.15) is 12.0 Å². The van der Waals surface area contributed by atoms with Crippen LogP contribution in [0.4, 0.5) is 0 Å². The molecule has 0 saturated heterocycles. The minimum Gasteiger partial charge on any atom is -0.461 e. The topological polar surface area (TPSA) is 50.1 Å². The molecule has 1 fully saturated rings. The Balaban J connectivity index is 1.65. The molecular formula is C16H15NO2. The zero-order valence-electron chi connectivity index (χ0n) is 10.5. The molecule has 0 amide bonds. The van der Waals surface area contributed by atoms with E-state index in [0.717, 1.165) is 12.0 Å². The highest BCUT2D eigenvalue weighted by molar-refractivity contribution is 5.75. The maximum Gasteiger partial charge on any atom is 0.311 e. The smallest absolute Gasteiger partial charge is 0.311 e. The lowest BCUT2D eigenvalue weighted by Crippen LogP contribution is -2.28. The largest absolute Gasteiger partial charge is 0.461 e. The predicted molar refractivity (Wildman–Crippen MR) is 69.6 cm³/mol. The first kappa shape index (κ1) is 12.0. The fourth-order valence-electron chi connectivity index (χ4n) is 3.14. The molecule has 0 unspecified atom stereocenters. The number of fused-ring (bicyclic) bond motifs is 2. The summed E-state index contributed by atoms with van der Waals surface area (Å²) in [6.45, 7) is 0.287. The van der Waals surface area contributed by atoms with Gasteiger partial charge in [-0.2, -0.15) is 5.26 Å². The van der Waals surface area contributed by atoms with E-state index in [1.165, 1.54) is 0 Å². The fraction of sp³-hybridized carbons (Fsp3) is 0.375. The van der Waals surface area contributed by atoms with E-state index in [1.807, 2.05) is 30.3 Å². The Morgan fingerprint density at radius 3 is 2.74 bits per heavy atom. The molecule has 2 aliphatic rings. The van der Waals surface area contributed by atoms with E-state index in [2.05, 4.69) is 18.2 Å². The third kappa shape index (κ3) is 2.15. The van der Waals surface area contributed by atoms with Crippen LogP contribution in [0.3, 0.4) is 0 Å². The van der Waals surface area contributed by atoms with Crippen LogP contribution in [-0.4, -0.2) is 5.97 Å². The normalized spacial score (nSPS) is 31.1. The highest BCUT2D eigenvalue weighted by Gasteiger charge is 2.49. The molecule has 3 heteroatoms. The van der Waals surface area contributed by atoms with Crippen molar-refractivity contribution in [3.8, 4) is 6.07 Å². The molecule has 0 radical (unpaired) electrons. The van der Waals surface area contributed by atoms with Crippen molar-refractivity contribution in [2.45, 2.75) is 13.0 Å². The predicted octanol–water partition coefficient (Wildman–Crippen LogP) is 2.69. The number of carbonyl (C=O) groups excluding carboxylic acids is 1. The van der Waals surface area contributed by atoms with Crippen molar-refractivity contribution in [3.63, 3.8) is 0 Å². The van der Waals surface area contributed by atoms with E-state index < -0.39 is 0 Å². The summed E-state index contributed by atoms with van der Waals surface area (Å²) in [5, 5.41) is 9.20. The van der Waals surface area contributed by atoms with Crippen molar-refractivity contribution >= 4 is 5.97 Å². The van der Waals surface area contributed by atoms with Gasteiger partial charge in [-0.15, -0.1) is 0 Å². The van der Waals surface area contributed by atoms with Gasteiger partial charge in [0.25, 0.3) is 0 Å². The number of benzene rings is 1. The SMILES string of the molecule is N#C[C@@H]1[C@H](C(=O)OCc2ccccc2)[C@H]2C=C[C@@H]1C2. The van der Waals surface area contributed by atoms with Gasteiger partial charge in [0.2, 0.25) is 0 Å². The molecule has 1 aromatic rings. The van der Waals surface area contributed by atoms with Gasteiger partial charge in [0.15, 0.2) is 0 Å². The molecule has 0 heterocycles. The lowest BCUT2D eigenvalue weighted by atomic mass is 9.84. The van der Waals surface area contributed by atoms with Crippen molar-refractivity contribution in [1.82, 2.24) is 0 Å². The molecular weight excluding hydrogens is 238 g/mol. The zero-order valence-corrected chi connectivity index (χ0v) is 10.5. The molecule has 0 spiro atoms. The second-order valence-corrected chi connectivity index (χ2v) is 5.22. The van der Waals surface area contributed by atoms with Crippen LogP contribution >= 0.6 is 0 Å². The van der Waals surface area contributed by atoms with Gasteiger partial charge in [-0.25, -0.2) is 0 Å². The summed E-state index contributed by atoms with van der Waals surface area (Å²) in [5.74, 6) is -0.281. The van der Waals surface area contributed by atoms with Crippen LogP contribution < -0.4 is 0 Å². The van der Waals surface area contributed by atoms with Crippen LogP contribution in [0.15, 0.2) is 42.5 Å². The third-order valence-electron chi connectivity index (χ3n) is 4.10. The Labute approximate surface area is 112 Å². The molecule has 2 aliphatic carbocycles. The standard InChI is InChI=1S/C16H15NO2/c17-9-14-12-6-7-13(8-12)15(14)16(18)19-10-11-4-2-1-3-5-11/h1-7,12-15H,8,10H2/t12-,13+,14+,15-/m1/s1. The Morgan fingerprint density at radius 2 is 2.00 bits per heavy atom. The molecule has 1 saturated carbocycles. The lowest BCUT2D eigenvalue weighted by molar-refractivity contribution is -0.151. The second-order valence-electron chi connectivity index (χ2n) is 5.22. The number of allylic oxidation sites excluding steroid dienone is 2. The molecule has 3 nitrogen and oxygen atoms in total. The molecule has 0 N–H and O–H groups in total. The first-order valence-corrected chi connectivity index (χ1v) is 6.58. The molecule has 96 valence electrons. The Kier molecular flexibility index (Phi) is 3.08. The molecule has 1 aromatic carbocycles. The number of esters is 1. The van der Waals surface area contributed by atoms with Gasteiger partial charge in [-0.1, -0.05) is 42.5 Å². The summed E-state index contributed by atoms with van der Waals surface area (Å²) in [4.78, 5) is 12.2. The van der Waals surface area contributed by atoms with Crippen LogP contribution in [0.25, 0.3) is 0 Å². The van der Waals surface area contributed by atoms with Gasteiger partial charge in [-0.3, -0.25) is 4.79 Å². The van der Waals surface area contributed by atoms with Gasteiger partial charge in [0.05, 0.1) is 17.9 Å². The molecule has 3 rings (SSSR count). The molecule has 2 bridgehead atoms.